The summed E-state index contributed by atoms with van der Waals surface area (Å²) in [5, 5.41) is 0. The van der Waals surface area contributed by atoms with E-state index in [0.29, 0.717) is 12.4 Å². The van der Waals surface area contributed by atoms with Gasteiger partial charge in [0, 0.05) is 51.4 Å². The van der Waals surface area contributed by atoms with Gasteiger partial charge >= 0.3 is 0 Å². The molecule has 1 N–H and O–H groups in total. The fraction of sp³-hybridized carbons (Fsp3) is 0.273. The summed E-state index contributed by atoms with van der Waals surface area (Å²) < 4.78 is 0. The van der Waals surface area contributed by atoms with E-state index in [0.717, 1.165) is 36.3 Å². The average molecular weight is 360 g/mol. The molecule has 5 heteroatoms. The summed E-state index contributed by atoms with van der Waals surface area (Å²) in [7, 11) is 4.08. The first-order chi connectivity index (χ1) is 13.1. The topological polar surface area (TPSA) is 52.2 Å². The van der Waals surface area contributed by atoms with Crippen LogP contribution in [0.15, 0.2) is 59.4 Å². The predicted molar refractivity (Wildman–Crippen MR) is 109 cm³/mol. The molecule has 5 nitrogen and oxygen atoms in total. The third-order valence-electron chi connectivity index (χ3n) is 5.05. The van der Waals surface area contributed by atoms with Crippen LogP contribution in [0.2, 0.25) is 0 Å². The Morgan fingerprint density at radius 2 is 1.81 bits per heavy atom. The maximum atomic E-state index is 12.6. The molecule has 0 spiro atoms. The van der Waals surface area contributed by atoms with E-state index in [1.165, 1.54) is 11.3 Å². The molecule has 0 saturated heterocycles. The highest BCUT2D eigenvalue weighted by atomic mass is 16.1. The van der Waals surface area contributed by atoms with Crippen molar-refractivity contribution in [3.05, 3.63) is 81.8 Å². The van der Waals surface area contributed by atoms with Gasteiger partial charge in [0.05, 0.1) is 11.3 Å². The monoisotopic (exact) mass is 360 g/mol. The molecular weight excluding hydrogens is 336 g/mol. The third-order valence-corrected chi connectivity index (χ3v) is 5.05. The molecule has 0 saturated carbocycles. The van der Waals surface area contributed by atoms with Crippen LogP contribution in [-0.2, 0) is 19.5 Å². The van der Waals surface area contributed by atoms with E-state index >= 15 is 0 Å². The highest BCUT2D eigenvalue weighted by Gasteiger charge is 2.21. The van der Waals surface area contributed by atoms with Crippen LogP contribution in [0.25, 0.3) is 11.4 Å². The van der Waals surface area contributed by atoms with Gasteiger partial charge < -0.3 is 9.88 Å². The first-order valence-electron chi connectivity index (χ1n) is 9.26. The molecule has 1 aliphatic heterocycles. The van der Waals surface area contributed by atoms with E-state index in [1.54, 1.807) is 0 Å². The number of fused-ring (bicyclic) bond motifs is 1. The van der Waals surface area contributed by atoms with Gasteiger partial charge in [-0.25, -0.2) is 4.98 Å². The van der Waals surface area contributed by atoms with Gasteiger partial charge in [0.15, 0.2) is 0 Å². The second kappa shape index (κ2) is 7.37. The zero-order chi connectivity index (χ0) is 18.8. The summed E-state index contributed by atoms with van der Waals surface area (Å²) in [4.78, 5) is 24.7. The standard InChI is InChI=1S/C22H24N4O/c1-25(2)18-10-8-16(9-11-18)14-26-13-12-20-19(15-26)22(27)24-21(23-20)17-6-4-3-5-7-17/h3-11H,12-15H2,1-2H3,(H,23,24,27). The minimum atomic E-state index is -0.0218. The highest BCUT2D eigenvalue weighted by Crippen LogP contribution is 2.20. The van der Waals surface area contributed by atoms with Crippen LogP contribution < -0.4 is 10.5 Å². The molecule has 0 aliphatic carbocycles. The minimum Gasteiger partial charge on any atom is -0.378 e. The smallest absolute Gasteiger partial charge is 0.255 e. The quantitative estimate of drug-likeness (QED) is 0.777. The lowest BCUT2D eigenvalue weighted by atomic mass is 10.1. The number of anilines is 1. The molecular formula is C22H24N4O. The minimum absolute atomic E-state index is 0.0218. The molecule has 0 atom stereocenters. The molecule has 3 aromatic rings. The van der Waals surface area contributed by atoms with Gasteiger partial charge in [-0.1, -0.05) is 42.5 Å². The number of hydrogen-bond donors (Lipinski definition) is 1. The Morgan fingerprint density at radius 3 is 2.52 bits per heavy atom. The van der Waals surface area contributed by atoms with Crippen LogP contribution in [0.5, 0.6) is 0 Å². The molecule has 4 rings (SSSR count). The first kappa shape index (κ1) is 17.5. The van der Waals surface area contributed by atoms with Crippen molar-refractivity contribution in [2.24, 2.45) is 0 Å². The lowest BCUT2D eigenvalue weighted by molar-refractivity contribution is 0.242. The van der Waals surface area contributed by atoms with Crippen LogP contribution in [-0.4, -0.2) is 35.5 Å². The van der Waals surface area contributed by atoms with Gasteiger partial charge in [-0.15, -0.1) is 0 Å². The van der Waals surface area contributed by atoms with Crippen molar-refractivity contribution in [1.29, 1.82) is 0 Å². The van der Waals surface area contributed by atoms with E-state index in [9.17, 15) is 4.79 Å². The van der Waals surface area contributed by atoms with Crippen molar-refractivity contribution in [3.8, 4) is 11.4 Å². The lowest BCUT2D eigenvalue weighted by Crippen LogP contribution is -2.35. The Bertz CT molecular complexity index is 977. The van der Waals surface area contributed by atoms with Crippen molar-refractivity contribution < 1.29 is 0 Å². The van der Waals surface area contributed by atoms with Gasteiger partial charge in [-0.05, 0) is 17.7 Å². The molecule has 0 fully saturated rings. The van der Waals surface area contributed by atoms with Crippen LogP contribution in [0.3, 0.4) is 0 Å². The second-order valence-electron chi connectivity index (χ2n) is 7.23. The number of rotatable bonds is 4. The first-order valence-corrected chi connectivity index (χ1v) is 9.26. The van der Waals surface area contributed by atoms with Crippen molar-refractivity contribution >= 4 is 5.69 Å². The summed E-state index contributed by atoms with van der Waals surface area (Å²) >= 11 is 0. The van der Waals surface area contributed by atoms with Crippen molar-refractivity contribution in [3.63, 3.8) is 0 Å². The number of aromatic nitrogens is 2. The zero-order valence-corrected chi connectivity index (χ0v) is 15.8. The highest BCUT2D eigenvalue weighted by molar-refractivity contribution is 5.54. The molecule has 1 aliphatic rings. The maximum Gasteiger partial charge on any atom is 0.255 e. The molecule has 0 amide bonds. The fourth-order valence-corrected chi connectivity index (χ4v) is 3.51. The number of aromatic amines is 1. The van der Waals surface area contributed by atoms with Crippen molar-refractivity contribution in [2.75, 3.05) is 25.5 Å². The van der Waals surface area contributed by atoms with E-state index in [-0.39, 0.29) is 5.56 Å². The number of nitrogens with one attached hydrogen (secondary N) is 1. The third kappa shape index (κ3) is 3.78. The van der Waals surface area contributed by atoms with E-state index in [1.807, 2.05) is 44.4 Å². The molecule has 0 radical (unpaired) electrons. The fourth-order valence-electron chi connectivity index (χ4n) is 3.51. The summed E-state index contributed by atoms with van der Waals surface area (Å²) in [5.41, 5.74) is 5.10. The van der Waals surface area contributed by atoms with Crippen LogP contribution in [0, 0.1) is 0 Å². The zero-order valence-electron chi connectivity index (χ0n) is 15.8. The van der Waals surface area contributed by atoms with Gasteiger partial charge in [0.2, 0.25) is 0 Å². The lowest BCUT2D eigenvalue weighted by Gasteiger charge is -2.28. The van der Waals surface area contributed by atoms with E-state index in [4.69, 9.17) is 4.98 Å². The van der Waals surface area contributed by atoms with Gasteiger partial charge in [-0.2, -0.15) is 0 Å². The van der Waals surface area contributed by atoms with Gasteiger partial charge in [0.1, 0.15) is 5.82 Å². The van der Waals surface area contributed by atoms with Crippen LogP contribution >= 0.6 is 0 Å². The van der Waals surface area contributed by atoms with Crippen molar-refractivity contribution in [1.82, 2.24) is 14.9 Å². The molecule has 2 aromatic carbocycles. The van der Waals surface area contributed by atoms with Gasteiger partial charge in [0.25, 0.3) is 5.56 Å². The molecule has 27 heavy (non-hydrogen) atoms. The van der Waals surface area contributed by atoms with Gasteiger partial charge in [-0.3, -0.25) is 9.69 Å². The Balaban J connectivity index is 1.52. The van der Waals surface area contributed by atoms with Crippen LogP contribution in [0.1, 0.15) is 16.8 Å². The largest absolute Gasteiger partial charge is 0.378 e. The normalized spacial score (nSPS) is 14.0. The summed E-state index contributed by atoms with van der Waals surface area (Å²) in [6, 6.07) is 18.4. The molecule has 138 valence electrons. The average Bonchev–Trinajstić information content (AvgIpc) is 2.69. The summed E-state index contributed by atoms with van der Waals surface area (Å²) in [6.45, 7) is 2.39. The van der Waals surface area contributed by atoms with E-state index in [2.05, 4.69) is 39.0 Å². The Hall–Kier alpha value is -2.92. The van der Waals surface area contributed by atoms with Crippen molar-refractivity contribution in [2.45, 2.75) is 19.5 Å². The van der Waals surface area contributed by atoms with E-state index < -0.39 is 0 Å². The molecule has 0 bridgehead atoms. The Labute approximate surface area is 159 Å². The number of nitrogens with zero attached hydrogens (tertiary/aromatic N) is 3. The molecule has 1 aromatic heterocycles. The molecule has 0 unspecified atom stereocenters. The predicted octanol–water partition coefficient (Wildman–Crippen LogP) is 3.06. The maximum absolute atomic E-state index is 12.6. The Morgan fingerprint density at radius 1 is 1.07 bits per heavy atom. The van der Waals surface area contributed by atoms with Crippen LogP contribution in [0.4, 0.5) is 5.69 Å². The summed E-state index contributed by atoms with van der Waals surface area (Å²) in [6.07, 6.45) is 0.800. The summed E-state index contributed by atoms with van der Waals surface area (Å²) in [5.74, 6) is 0.659. The second-order valence-corrected chi connectivity index (χ2v) is 7.23. The number of benzene rings is 2. The number of H-pyrrole nitrogens is 1. The Kier molecular flexibility index (Phi) is 4.77. The SMILES string of the molecule is CN(C)c1ccc(CN2CCc3nc(-c4ccccc4)[nH]c(=O)c3C2)cc1. The number of hydrogen-bond acceptors (Lipinski definition) is 4. The molecule has 2 heterocycles.